The van der Waals surface area contributed by atoms with Gasteiger partial charge in [0.05, 0.1) is 19.3 Å². The van der Waals surface area contributed by atoms with Gasteiger partial charge in [-0.15, -0.1) is 0 Å². The summed E-state index contributed by atoms with van der Waals surface area (Å²) in [6.45, 7) is 7.54. The molecule has 0 bridgehead atoms. The summed E-state index contributed by atoms with van der Waals surface area (Å²) in [5.74, 6) is 0.112. The molecule has 0 radical (unpaired) electrons. The molecule has 1 fully saturated rings. The number of likely N-dealkylation sites (tertiary alicyclic amines) is 1. The molecule has 17 heavy (non-hydrogen) atoms. The van der Waals surface area contributed by atoms with Crippen molar-refractivity contribution < 1.29 is 9.53 Å². The van der Waals surface area contributed by atoms with Gasteiger partial charge in [-0.25, -0.2) is 0 Å². The second-order valence-corrected chi connectivity index (χ2v) is 4.86. The third kappa shape index (κ3) is 6.00. The Morgan fingerprint density at radius 1 is 1.47 bits per heavy atom. The highest BCUT2D eigenvalue weighted by Crippen LogP contribution is 2.12. The normalized spacial score (nSPS) is 18.6. The van der Waals surface area contributed by atoms with Gasteiger partial charge in [0.1, 0.15) is 0 Å². The number of piperidine rings is 1. The average molecular weight is 243 g/mol. The van der Waals surface area contributed by atoms with Crippen molar-refractivity contribution in [2.75, 3.05) is 32.8 Å². The zero-order valence-corrected chi connectivity index (χ0v) is 10.9. The molecule has 100 valence electrons. The van der Waals surface area contributed by atoms with E-state index in [1.807, 2.05) is 13.8 Å². The summed E-state index contributed by atoms with van der Waals surface area (Å²) in [5.41, 5.74) is 5.40. The van der Waals surface area contributed by atoms with Crippen LogP contribution < -0.4 is 11.1 Å². The van der Waals surface area contributed by atoms with Gasteiger partial charge in [0.2, 0.25) is 5.91 Å². The maximum absolute atomic E-state index is 11.6. The van der Waals surface area contributed by atoms with Crippen LogP contribution in [0.2, 0.25) is 0 Å². The maximum Gasteiger partial charge on any atom is 0.234 e. The van der Waals surface area contributed by atoms with Gasteiger partial charge in [-0.05, 0) is 26.7 Å². The lowest BCUT2D eigenvalue weighted by molar-refractivity contribution is -0.123. The van der Waals surface area contributed by atoms with E-state index in [1.165, 1.54) is 0 Å². The topological polar surface area (TPSA) is 67.6 Å². The monoisotopic (exact) mass is 243 g/mol. The lowest BCUT2D eigenvalue weighted by atomic mass is 10.1. The van der Waals surface area contributed by atoms with Crippen molar-refractivity contribution in [2.45, 2.75) is 38.8 Å². The minimum absolute atomic E-state index is 0.112. The zero-order valence-electron chi connectivity index (χ0n) is 10.9. The lowest BCUT2D eigenvalue weighted by Crippen LogP contribution is -2.44. The standard InChI is InChI=1S/C12H25N3O2/c1-10(2)14-12(16)9-15-6-3-11(4-7-15)17-8-5-13/h10-11H,3-9,13H2,1-2H3,(H,14,16). The predicted octanol–water partition coefficient (Wildman–Crippen LogP) is -0.0493. The van der Waals surface area contributed by atoms with E-state index in [9.17, 15) is 4.79 Å². The van der Waals surface area contributed by atoms with Crippen molar-refractivity contribution in [1.29, 1.82) is 0 Å². The fraction of sp³-hybridized carbons (Fsp3) is 0.917. The molecule has 0 aromatic carbocycles. The fourth-order valence-electron chi connectivity index (χ4n) is 2.04. The van der Waals surface area contributed by atoms with Crippen LogP contribution >= 0.6 is 0 Å². The van der Waals surface area contributed by atoms with E-state index >= 15 is 0 Å². The largest absolute Gasteiger partial charge is 0.377 e. The van der Waals surface area contributed by atoms with Crippen molar-refractivity contribution in [2.24, 2.45) is 5.73 Å². The van der Waals surface area contributed by atoms with Crippen molar-refractivity contribution in [3.8, 4) is 0 Å². The minimum Gasteiger partial charge on any atom is -0.377 e. The van der Waals surface area contributed by atoms with E-state index in [-0.39, 0.29) is 11.9 Å². The van der Waals surface area contributed by atoms with E-state index in [1.54, 1.807) is 0 Å². The van der Waals surface area contributed by atoms with Crippen molar-refractivity contribution in [3.05, 3.63) is 0 Å². The van der Waals surface area contributed by atoms with E-state index in [2.05, 4.69) is 10.2 Å². The third-order valence-electron chi connectivity index (χ3n) is 2.82. The van der Waals surface area contributed by atoms with Crippen LogP contribution in [0.25, 0.3) is 0 Å². The molecular formula is C12H25N3O2. The Labute approximate surface area is 104 Å². The summed E-state index contributed by atoms with van der Waals surface area (Å²) in [6.07, 6.45) is 2.31. The van der Waals surface area contributed by atoms with E-state index < -0.39 is 0 Å². The first-order chi connectivity index (χ1) is 8.11. The molecule has 1 heterocycles. The molecule has 0 aromatic rings. The summed E-state index contributed by atoms with van der Waals surface area (Å²) in [6, 6.07) is 0.216. The Bertz CT molecular complexity index is 226. The fourth-order valence-corrected chi connectivity index (χ4v) is 2.04. The first kappa shape index (κ1) is 14.4. The molecule has 5 heteroatoms. The van der Waals surface area contributed by atoms with Gasteiger partial charge in [-0.2, -0.15) is 0 Å². The van der Waals surface area contributed by atoms with Gasteiger partial charge in [0.15, 0.2) is 0 Å². The van der Waals surface area contributed by atoms with Crippen LogP contribution in [0, 0.1) is 0 Å². The van der Waals surface area contributed by atoms with Crippen molar-refractivity contribution >= 4 is 5.91 Å². The molecular weight excluding hydrogens is 218 g/mol. The van der Waals surface area contributed by atoms with E-state index in [0.717, 1.165) is 25.9 Å². The first-order valence-electron chi connectivity index (χ1n) is 6.45. The number of hydrogen-bond donors (Lipinski definition) is 2. The molecule has 0 atom stereocenters. The maximum atomic E-state index is 11.6. The van der Waals surface area contributed by atoms with Crippen LogP contribution in [0.1, 0.15) is 26.7 Å². The minimum atomic E-state index is 0.112. The van der Waals surface area contributed by atoms with Gasteiger partial charge in [0.25, 0.3) is 0 Å². The summed E-state index contributed by atoms with van der Waals surface area (Å²) >= 11 is 0. The van der Waals surface area contributed by atoms with Gasteiger partial charge >= 0.3 is 0 Å². The molecule has 1 rings (SSSR count). The summed E-state index contributed by atoms with van der Waals surface area (Å²) in [4.78, 5) is 13.8. The SMILES string of the molecule is CC(C)NC(=O)CN1CCC(OCCN)CC1. The molecule has 3 N–H and O–H groups in total. The number of nitrogens with two attached hydrogens (primary N) is 1. The number of hydrogen-bond acceptors (Lipinski definition) is 4. The number of nitrogens with zero attached hydrogens (tertiary/aromatic N) is 1. The highest BCUT2D eigenvalue weighted by atomic mass is 16.5. The second kappa shape index (κ2) is 7.63. The van der Waals surface area contributed by atoms with Gasteiger partial charge in [-0.3, -0.25) is 9.69 Å². The number of carbonyl (C=O) groups excluding carboxylic acids is 1. The van der Waals surface area contributed by atoms with Gasteiger partial charge in [0, 0.05) is 25.7 Å². The molecule has 0 aromatic heterocycles. The Balaban J connectivity index is 2.16. The molecule has 0 spiro atoms. The van der Waals surface area contributed by atoms with E-state index in [0.29, 0.717) is 25.8 Å². The Kier molecular flexibility index (Phi) is 6.47. The third-order valence-corrected chi connectivity index (χ3v) is 2.82. The predicted molar refractivity (Wildman–Crippen MR) is 67.7 cm³/mol. The molecule has 0 unspecified atom stereocenters. The Morgan fingerprint density at radius 2 is 2.12 bits per heavy atom. The number of amides is 1. The zero-order chi connectivity index (χ0) is 12.7. The smallest absolute Gasteiger partial charge is 0.234 e. The first-order valence-corrected chi connectivity index (χ1v) is 6.45. The van der Waals surface area contributed by atoms with Crippen LogP contribution in [0.4, 0.5) is 0 Å². The summed E-state index contributed by atoms with van der Waals surface area (Å²) in [5, 5.41) is 2.91. The van der Waals surface area contributed by atoms with Crippen LogP contribution in [0.5, 0.6) is 0 Å². The molecule has 1 amide bonds. The molecule has 0 aliphatic carbocycles. The molecule has 5 nitrogen and oxygen atoms in total. The van der Waals surface area contributed by atoms with Gasteiger partial charge < -0.3 is 15.8 Å². The second-order valence-electron chi connectivity index (χ2n) is 4.86. The van der Waals surface area contributed by atoms with Crippen LogP contribution in [0.3, 0.4) is 0 Å². The Hall–Kier alpha value is -0.650. The molecule has 0 saturated carbocycles. The van der Waals surface area contributed by atoms with Gasteiger partial charge in [-0.1, -0.05) is 0 Å². The number of ether oxygens (including phenoxy) is 1. The van der Waals surface area contributed by atoms with Crippen LogP contribution in [0.15, 0.2) is 0 Å². The van der Waals surface area contributed by atoms with Crippen LogP contribution in [-0.4, -0.2) is 55.7 Å². The number of rotatable bonds is 6. The number of carbonyl (C=O) groups is 1. The van der Waals surface area contributed by atoms with Crippen LogP contribution in [-0.2, 0) is 9.53 Å². The average Bonchev–Trinajstić information content (AvgIpc) is 2.27. The highest BCUT2D eigenvalue weighted by Gasteiger charge is 2.21. The summed E-state index contributed by atoms with van der Waals surface area (Å²) < 4.78 is 5.60. The van der Waals surface area contributed by atoms with Crippen molar-refractivity contribution in [3.63, 3.8) is 0 Å². The molecule has 1 saturated heterocycles. The highest BCUT2D eigenvalue weighted by molar-refractivity contribution is 5.78. The Morgan fingerprint density at radius 3 is 2.65 bits per heavy atom. The molecule has 1 aliphatic rings. The quantitative estimate of drug-likeness (QED) is 0.686. The molecule has 1 aliphatic heterocycles. The number of nitrogens with one attached hydrogen (secondary N) is 1. The lowest BCUT2D eigenvalue weighted by Gasteiger charge is -2.31. The van der Waals surface area contributed by atoms with Crippen molar-refractivity contribution in [1.82, 2.24) is 10.2 Å². The summed E-state index contributed by atoms with van der Waals surface area (Å²) in [7, 11) is 0. The van der Waals surface area contributed by atoms with E-state index in [4.69, 9.17) is 10.5 Å².